The van der Waals surface area contributed by atoms with Crippen LogP contribution in [0.25, 0.3) is 0 Å². The van der Waals surface area contributed by atoms with Gasteiger partial charge in [-0.2, -0.15) is 0 Å². The first-order valence-corrected chi connectivity index (χ1v) is 9.84. The van der Waals surface area contributed by atoms with Crippen LogP contribution in [0.1, 0.15) is 52.7 Å². The highest BCUT2D eigenvalue weighted by atomic mass is 32.1. The summed E-state index contributed by atoms with van der Waals surface area (Å²) >= 11 is 1.70. The van der Waals surface area contributed by atoms with E-state index in [0.29, 0.717) is 18.7 Å². The Kier molecular flexibility index (Phi) is 4.43. The van der Waals surface area contributed by atoms with Crippen LogP contribution in [-0.4, -0.2) is 54.0 Å². The van der Waals surface area contributed by atoms with Gasteiger partial charge in [-0.15, -0.1) is 11.3 Å². The number of fused-ring (bicyclic) bond motifs is 1. The highest BCUT2D eigenvalue weighted by Crippen LogP contribution is 2.33. The number of thiophene rings is 1. The topological polar surface area (TPSA) is 32.8 Å². The Morgan fingerprint density at radius 2 is 2.13 bits per heavy atom. The average molecular weight is 334 g/mol. The maximum absolute atomic E-state index is 13.1. The van der Waals surface area contributed by atoms with E-state index >= 15 is 0 Å². The Bertz CT molecular complexity index is 562. The van der Waals surface area contributed by atoms with Gasteiger partial charge in [0.25, 0.3) is 5.91 Å². The molecule has 0 aliphatic carbocycles. The van der Waals surface area contributed by atoms with Gasteiger partial charge in [-0.25, -0.2) is 0 Å². The van der Waals surface area contributed by atoms with Gasteiger partial charge in [0.15, 0.2) is 0 Å². The standard InChI is InChI=1S/C18H26N2O2S/c1-2-19-8-3-5-14(19)15-6-4-9-20(15)18(21)17-11-13-12-22-10-7-16(13)23-17/h11,14-15H,2-10,12H2,1H3/t14-,15+/m1/s1. The van der Waals surface area contributed by atoms with Gasteiger partial charge < -0.3 is 9.64 Å². The van der Waals surface area contributed by atoms with Gasteiger partial charge in [-0.1, -0.05) is 6.92 Å². The fourth-order valence-corrected chi connectivity index (χ4v) is 5.62. The van der Waals surface area contributed by atoms with Crippen molar-refractivity contribution in [3.05, 3.63) is 21.4 Å². The van der Waals surface area contributed by atoms with E-state index in [0.717, 1.165) is 37.4 Å². The highest BCUT2D eigenvalue weighted by molar-refractivity contribution is 7.14. The molecule has 4 rings (SSSR count). The molecule has 3 aliphatic rings. The van der Waals surface area contributed by atoms with Crippen molar-refractivity contribution in [1.82, 2.24) is 9.80 Å². The molecule has 2 fully saturated rings. The summed E-state index contributed by atoms with van der Waals surface area (Å²) in [5.74, 6) is 0.259. The van der Waals surface area contributed by atoms with E-state index in [-0.39, 0.29) is 5.91 Å². The molecule has 1 aromatic heterocycles. The minimum Gasteiger partial charge on any atom is -0.376 e. The minimum atomic E-state index is 0.259. The zero-order valence-electron chi connectivity index (χ0n) is 13.9. The number of hydrogen-bond acceptors (Lipinski definition) is 4. The first-order chi connectivity index (χ1) is 11.3. The molecule has 0 radical (unpaired) electrons. The molecule has 0 N–H and O–H groups in total. The number of carbonyl (C=O) groups excluding carboxylic acids is 1. The monoisotopic (exact) mass is 334 g/mol. The fourth-order valence-electron chi connectivity index (χ4n) is 4.52. The van der Waals surface area contributed by atoms with Crippen LogP contribution in [0.2, 0.25) is 0 Å². The second-order valence-electron chi connectivity index (χ2n) is 6.91. The zero-order chi connectivity index (χ0) is 15.8. The lowest BCUT2D eigenvalue weighted by Crippen LogP contribution is -2.48. The lowest BCUT2D eigenvalue weighted by atomic mass is 10.0. The second kappa shape index (κ2) is 6.54. The first-order valence-electron chi connectivity index (χ1n) is 9.02. The lowest BCUT2D eigenvalue weighted by Gasteiger charge is -2.34. The van der Waals surface area contributed by atoms with E-state index in [1.807, 2.05) is 0 Å². The van der Waals surface area contributed by atoms with Gasteiger partial charge in [0.05, 0.1) is 18.1 Å². The fraction of sp³-hybridized carbons (Fsp3) is 0.722. The molecule has 1 aromatic rings. The van der Waals surface area contributed by atoms with E-state index < -0.39 is 0 Å². The quantitative estimate of drug-likeness (QED) is 0.852. The van der Waals surface area contributed by atoms with Crippen molar-refractivity contribution in [3.63, 3.8) is 0 Å². The summed E-state index contributed by atoms with van der Waals surface area (Å²) in [4.78, 5) is 20.1. The molecule has 0 bridgehead atoms. The number of hydrogen-bond donors (Lipinski definition) is 0. The van der Waals surface area contributed by atoms with Crippen molar-refractivity contribution in [2.45, 2.75) is 57.7 Å². The number of likely N-dealkylation sites (N-methyl/N-ethyl adjacent to an activating group) is 1. The molecule has 1 amide bonds. The van der Waals surface area contributed by atoms with Crippen molar-refractivity contribution in [2.24, 2.45) is 0 Å². The van der Waals surface area contributed by atoms with E-state index in [1.165, 1.54) is 36.2 Å². The molecule has 126 valence electrons. The molecule has 4 nitrogen and oxygen atoms in total. The van der Waals surface area contributed by atoms with Crippen LogP contribution in [-0.2, 0) is 17.8 Å². The number of rotatable bonds is 3. The summed E-state index contributed by atoms with van der Waals surface area (Å²) in [5, 5.41) is 0. The molecular weight excluding hydrogens is 308 g/mol. The summed E-state index contributed by atoms with van der Waals surface area (Å²) in [7, 11) is 0. The predicted octanol–water partition coefficient (Wildman–Crippen LogP) is 2.91. The van der Waals surface area contributed by atoms with Gasteiger partial charge >= 0.3 is 0 Å². The molecule has 0 aromatic carbocycles. The third-order valence-corrected chi connectivity index (χ3v) is 6.89. The summed E-state index contributed by atoms with van der Waals surface area (Å²) in [6.07, 6.45) is 5.81. The van der Waals surface area contributed by atoms with Crippen LogP contribution >= 0.6 is 11.3 Å². The summed E-state index contributed by atoms with van der Waals surface area (Å²) in [5.41, 5.74) is 1.23. The van der Waals surface area contributed by atoms with Crippen LogP contribution in [0.3, 0.4) is 0 Å². The van der Waals surface area contributed by atoms with E-state index in [9.17, 15) is 4.79 Å². The predicted molar refractivity (Wildman–Crippen MR) is 92.0 cm³/mol. The summed E-state index contributed by atoms with van der Waals surface area (Å²) in [6.45, 7) is 6.94. The normalized spacial score (nSPS) is 28.3. The van der Waals surface area contributed by atoms with Gasteiger partial charge in [-0.05, 0) is 50.4 Å². The average Bonchev–Trinajstić information content (AvgIpc) is 3.30. The Balaban J connectivity index is 1.54. The van der Waals surface area contributed by atoms with Crippen LogP contribution in [0.15, 0.2) is 6.07 Å². The van der Waals surface area contributed by atoms with Crippen molar-refractivity contribution in [2.75, 3.05) is 26.2 Å². The first kappa shape index (κ1) is 15.6. The van der Waals surface area contributed by atoms with E-state index in [1.54, 1.807) is 11.3 Å². The van der Waals surface area contributed by atoms with Crippen molar-refractivity contribution in [3.8, 4) is 0 Å². The van der Waals surface area contributed by atoms with E-state index in [2.05, 4.69) is 22.8 Å². The third-order valence-electron chi connectivity index (χ3n) is 5.66. The molecule has 0 spiro atoms. The van der Waals surface area contributed by atoms with Gasteiger partial charge in [0.1, 0.15) is 0 Å². The second-order valence-corrected chi connectivity index (χ2v) is 8.04. The Morgan fingerprint density at radius 1 is 1.30 bits per heavy atom. The molecule has 2 atom stereocenters. The van der Waals surface area contributed by atoms with Gasteiger partial charge in [-0.3, -0.25) is 9.69 Å². The van der Waals surface area contributed by atoms with E-state index in [4.69, 9.17) is 4.74 Å². The molecular formula is C18H26N2O2S. The minimum absolute atomic E-state index is 0.259. The molecule has 23 heavy (non-hydrogen) atoms. The van der Waals surface area contributed by atoms with Crippen molar-refractivity contribution in [1.29, 1.82) is 0 Å². The zero-order valence-corrected chi connectivity index (χ0v) is 14.7. The SMILES string of the molecule is CCN1CCC[C@@H]1[C@@H]1CCCN1C(=O)c1cc2c(s1)CCOC2. The Hall–Kier alpha value is -0.910. The van der Waals surface area contributed by atoms with Crippen LogP contribution in [0.4, 0.5) is 0 Å². The Morgan fingerprint density at radius 3 is 2.96 bits per heavy atom. The molecule has 2 saturated heterocycles. The molecule has 3 aliphatic heterocycles. The van der Waals surface area contributed by atoms with Gasteiger partial charge in [0, 0.05) is 29.9 Å². The van der Waals surface area contributed by atoms with Crippen molar-refractivity contribution >= 4 is 17.2 Å². The summed E-state index contributed by atoms with van der Waals surface area (Å²) < 4.78 is 5.52. The van der Waals surface area contributed by atoms with Crippen LogP contribution < -0.4 is 0 Å². The number of carbonyl (C=O) groups is 1. The van der Waals surface area contributed by atoms with Gasteiger partial charge in [0.2, 0.25) is 0 Å². The largest absolute Gasteiger partial charge is 0.376 e. The number of ether oxygens (including phenoxy) is 1. The third kappa shape index (κ3) is 2.83. The number of nitrogens with zero attached hydrogens (tertiary/aromatic N) is 2. The number of amides is 1. The van der Waals surface area contributed by atoms with Crippen LogP contribution in [0.5, 0.6) is 0 Å². The van der Waals surface area contributed by atoms with Crippen LogP contribution in [0, 0.1) is 0 Å². The summed E-state index contributed by atoms with van der Waals surface area (Å²) in [6, 6.07) is 3.08. The van der Waals surface area contributed by atoms with Crippen molar-refractivity contribution < 1.29 is 9.53 Å². The maximum Gasteiger partial charge on any atom is 0.264 e. The smallest absolute Gasteiger partial charge is 0.264 e. The maximum atomic E-state index is 13.1. The number of likely N-dealkylation sites (tertiary alicyclic amines) is 2. The molecule has 5 heteroatoms. The molecule has 4 heterocycles. The Labute approximate surface area is 142 Å². The molecule has 0 unspecified atom stereocenters. The highest BCUT2D eigenvalue weighted by Gasteiger charge is 2.39. The molecule has 0 saturated carbocycles. The lowest BCUT2D eigenvalue weighted by molar-refractivity contribution is 0.0654.